The van der Waals surface area contributed by atoms with Gasteiger partial charge in [-0.1, -0.05) is 0 Å². The standard InChI is InChI=1S/C17H23N3O6S/c1-25-14-5-4-12(27(18,23)24)11-13(14)16(21)19-6-8-20(9-7-19)17(22)15-3-2-10-26-15/h4-5,11,15H,2-3,6-10H2,1H3,(H2,18,23,24). The van der Waals surface area contributed by atoms with E-state index in [9.17, 15) is 18.0 Å². The fourth-order valence-electron chi connectivity index (χ4n) is 3.31. The maximum Gasteiger partial charge on any atom is 0.257 e. The Kier molecular flexibility index (Phi) is 5.68. The normalized spacial score (nSPS) is 20.6. The Hall–Kier alpha value is -2.17. The molecule has 2 N–H and O–H groups in total. The Morgan fingerprint density at radius 1 is 1.19 bits per heavy atom. The molecule has 1 unspecified atom stereocenters. The lowest BCUT2D eigenvalue weighted by molar-refractivity contribution is -0.142. The highest BCUT2D eigenvalue weighted by Crippen LogP contribution is 2.24. The van der Waals surface area contributed by atoms with E-state index < -0.39 is 10.0 Å². The maximum atomic E-state index is 12.9. The summed E-state index contributed by atoms with van der Waals surface area (Å²) in [6.07, 6.45) is 1.24. The number of amides is 2. The summed E-state index contributed by atoms with van der Waals surface area (Å²) in [6.45, 7) is 2.11. The van der Waals surface area contributed by atoms with Crippen LogP contribution in [0.3, 0.4) is 0 Å². The van der Waals surface area contributed by atoms with Gasteiger partial charge in [-0.25, -0.2) is 13.6 Å². The second-order valence-corrected chi connectivity index (χ2v) is 8.09. The summed E-state index contributed by atoms with van der Waals surface area (Å²) in [7, 11) is -2.53. The number of ether oxygens (including phenoxy) is 2. The highest BCUT2D eigenvalue weighted by Gasteiger charge is 2.32. The third-order valence-corrected chi connectivity index (χ3v) is 5.72. The van der Waals surface area contributed by atoms with Gasteiger partial charge in [-0.3, -0.25) is 9.59 Å². The van der Waals surface area contributed by atoms with E-state index in [1.165, 1.54) is 25.3 Å². The first-order valence-electron chi connectivity index (χ1n) is 8.72. The van der Waals surface area contributed by atoms with Crippen molar-refractivity contribution in [3.8, 4) is 5.75 Å². The third-order valence-electron chi connectivity index (χ3n) is 4.81. The Balaban J connectivity index is 1.71. The van der Waals surface area contributed by atoms with E-state index in [-0.39, 0.29) is 34.1 Å². The molecule has 27 heavy (non-hydrogen) atoms. The van der Waals surface area contributed by atoms with Crippen LogP contribution in [0.1, 0.15) is 23.2 Å². The van der Waals surface area contributed by atoms with Gasteiger partial charge in [-0.05, 0) is 31.0 Å². The lowest BCUT2D eigenvalue weighted by Gasteiger charge is -2.36. The number of nitrogens with zero attached hydrogens (tertiary/aromatic N) is 2. The molecule has 2 fully saturated rings. The maximum absolute atomic E-state index is 12.9. The van der Waals surface area contributed by atoms with Crippen molar-refractivity contribution >= 4 is 21.8 Å². The number of rotatable bonds is 4. The van der Waals surface area contributed by atoms with Crippen LogP contribution in [-0.2, 0) is 19.6 Å². The quantitative estimate of drug-likeness (QED) is 0.752. The van der Waals surface area contributed by atoms with E-state index in [1.807, 2.05) is 0 Å². The fraction of sp³-hybridized carbons (Fsp3) is 0.529. The van der Waals surface area contributed by atoms with Crippen LogP contribution >= 0.6 is 0 Å². The largest absolute Gasteiger partial charge is 0.496 e. The van der Waals surface area contributed by atoms with Crippen molar-refractivity contribution in [1.82, 2.24) is 9.80 Å². The second kappa shape index (κ2) is 7.83. The Morgan fingerprint density at radius 3 is 2.41 bits per heavy atom. The van der Waals surface area contributed by atoms with Gasteiger partial charge in [0.05, 0.1) is 17.6 Å². The molecule has 2 heterocycles. The highest BCUT2D eigenvalue weighted by molar-refractivity contribution is 7.89. The van der Waals surface area contributed by atoms with Gasteiger partial charge in [0.25, 0.3) is 11.8 Å². The monoisotopic (exact) mass is 397 g/mol. The van der Waals surface area contributed by atoms with Crippen LogP contribution in [0.15, 0.2) is 23.1 Å². The zero-order valence-electron chi connectivity index (χ0n) is 15.1. The van der Waals surface area contributed by atoms with Gasteiger partial charge in [0.2, 0.25) is 10.0 Å². The number of carbonyl (C=O) groups excluding carboxylic acids is 2. The summed E-state index contributed by atoms with van der Waals surface area (Å²) >= 11 is 0. The molecule has 2 amide bonds. The number of primary sulfonamides is 1. The summed E-state index contributed by atoms with van der Waals surface area (Å²) < 4.78 is 33.8. The molecular weight excluding hydrogens is 374 g/mol. The van der Waals surface area contributed by atoms with Gasteiger partial charge in [-0.15, -0.1) is 0 Å². The van der Waals surface area contributed by atoms with Gasteiger partial charge < -0.3 is 19.3 Å². The Labute approximate surface area is 158 Å². The van der Waals surface area contributed by atoms with Crippen LogP contribution in [0, 0.1) is 0 Å². The second-order valence-electron chi connectivity index (χ2n) is 6.53. The molecule has 0 bridgehead atoms. The molecule has 3 rings (SSSR count). The summed E-state index contributed by atoms with van der Waals surface area (Å²) in [4.78, 5) is 28.4. The van der Waals surface area contributed by atoms with Crippen LogP contribution in [-0.4, -0.2) is 76.0 Å². The van der Waals surface area contributed by atoms with Crippen LogP contribution in [0.2, 0.25) is 0 Å². The molecule has 148 valence electrons. The van der Waals surface area contributed by atoms with Crippen molar-refractivity contribution in [3.63, 3.8) is 0 Å². The molecule has 0 aliphatic carbocycles. The van der Waals surface area contributed by atoms with Gasteiger partial charge in [0.15, 0.2) is 0 Å². The van der Waals surface area contributed by atoms with Crippen molar-refractivity contribution in [1.29, 1.82) is 0 Å². The van der Waals surface area contributed by atoms with Crippen LogP contribution in [0.5, 0.6) is 5.75 Å². The molecule has 0 radical (unpaired) electrons. The summed E-state index contributed by atoms with van der Waals surface area (Å²) in [5.74, 6) is -0.125. The molecule has 2 aliphatic rings. The smallest absolute Gasteiger partial charge is 0.257 e. The molecule has 2 aliphatic heterocycles. The number of methoxy groups -OCH3 is 1. The first-order chi connectivity index (χ1) is 12.8. The van der Waals surface area contributed by atoms with Crippen molar-refractivity contribution in [2.75, 3.05) is 39.9 Å². The van der Waals surface area contributed by atoms with E-state index in [0.29, 0.717) is 32.8 Å². The van der Waals surface area contributed by atoms with Crippen molar-refractivity contribution in [3.05, 3.63) is 23.8 Å². The highest BCUT2D eigenvalue weighted by atomic mass is 32.2. The molecule has 0 saturated carbocycles. The number of nitrogens with two attached hydrogens (primary N) is 1. The van der Waals surface area contributed by atoms with E-state index >= 15 is 0 Å². The van der Waals surface area contributed by atoms with E-state index in [4.69, 9.17) is 14.6 Å². The number of carbonyl (C=O) groups is 2. The zero-order valence-corrected chi connectivity index (χ0v) is 15.9. The zero-order chi connectivity index (χ0) is 19.6. The Bertz CT molecular complexity index is 827. The predicted molar refractivity (Wildman–Crippen MR) is 95.8 cm³/mol. The van der Waals surface area contributed by atoms with Crippen molar-refractivity contribution in [2.45, 2.75) is 23.8 Å². The minimum atomic E-state index is -3.94. The van der Waals surface area contributed by atoms with Crippen LogP contribution in [0.4, 0.5) is 0 Å². The summed E-state index contributed by atoms with van der Waals surface area (Å²) in [5, 5.41) is 5.16. The topological polar surface area (TPSA) is 119 Å². The van der Waals surface area contributed by atoms with Gasteiger partial charge in [0.1, 0.15) is 11.9 Å². The lowest BCUT2D eigenvalue weighted by atomic mass is 10.1. The van der Waals surface area contributed by atoms with Gasteiger partial charge in [-0.2, -0.15) is 0 Å². The van der Waals surface area contributed by atoms with Crippen molar-refractivity contribution in [2.24, 2.45) is 5.14 Å². The summed E-state index contributed by atoms with van der Waals surface area (Å²) in [6, 6.07) is 3.92. The average molecular weight is 397 g/mol. The number of hydrogen-bond donors (Lipinski definition) is 1. The molecule has 10 heteroatoms. The van der Waals surface area contributed by atoms with E-state index in [0.717, 1.165) is 12.8 Å². The first-order valence-corrected chi connectivity index (χ1v) is 10.3. The molecule has 1 atom stereocenters. The molecule has 1 aromatic rings. The molecular formula is C17H23N3O6S. The SMILES string of the molecule is COc1ccc(S(N)(=O)=O)cc1C(=O)N1CCN(C(=O)C2CCCO2)CC1. The summed E-state index contributed by atoms with van der Waals surface area (Å²) in [5.41, 5.74) is 0.128. The molecule has 0 spiro atoms. The first kappa shape index (κ1) is 19.6. The number of hydrogen-bond acceptors (Lipinski definition) is 6. The van der Waals surface area contributed by atoms with E-state index in [2.05, 4.69) is 0 Å². The lowest BCUT2D eigenvalue weighted by Crippen LogP contribution is -2.52. The third kappa shape index (κ3) is 4.23. The minimum Gasteiger partial charge on any atom is -0.496 e. The minimum absolute atomic E-state index is 0.0339. The molecule has 2 saturated heterocycles. The predicted octanol–water partition coefficient (Wildman–Crippen LogP) is -0.194. The average Bonchev–Trinajstić information content (AvgIpc) is 3.20. The van der Waals surface area contributed by atoms with E-state index in [1.54, 1.807) is 9.80 Å². The van der Waals surface area contributed by atoms with Gasteiger partial charge in [0, 0.05) is 32.8 Å². The molecule has 0 aromatic heterocycles. The van der Waals surface area contributed by atoms with Gasteiger partial charge >= 0.3 is 0 Å². The van der Waals surface area contributed by atoms with Crippen LogP contribution in [0.25, 0.3) is 0 Å². The molecule has 9 nitrogen and oxygen atoms in total. The number of benzene rings is 1. The molecule has 1 aromatic carbocycles. The van der Waals surface area contributed by atoms with Crippen LogP contribution < -0.4 is 9.88 Å². The number of sulfonamides is 1. The number of piperazine rings is 1. The Morgan fingerprint density at radius 2 is 1.85 bits per heavy atom. The fourth-order valence-corrected chi connectivity index (χ4v) is 3.85. The van der Waals surface area contributed by atoms with Crippen molar-refractivity contribution < 1.29 is 27.5 Å².